The summed E-state index contributed by atoms with van der Waals surface area (Å²) >= 11 is 5.69. The number of methoxy groups -OCH3 is 1. The van der Waals surface area contributed by atoms with E-state index in [1.165, 1.54) is 0 Å². The van der Waals surface area contributed by atoms with Crippen LogP contribution in [0.5, 0.6) is 0 Å². The van der Waals surface area contributed by atoms with Crippen molar-refractivity contribution in [2.75, 3.05) is 39.4 Å². The van der Waals surface area contributed by atoms with E-state index in [1.54, 1.807) is 7.11 Å². The van der Waals surface area contributed by atoms with E-state index in [1.807, 2.05) is 13.8 Å². The van der Waals surface area contributed by atoms with Crippen molar-refractivity contribution < 1.29 is 14.3 Å². The van der Waals surface area contributed by atoms with Gasteiger partial charge >= 0.3 is 0 Å². The summed E-state index contributed by atoms with van der Waals surface area (Å²) in [6.45, 7) is 6.09. The summed E-state index contributed by atoms with van der Waals surface area (Å²) in [5.41, 5.74) is -0.502. The zero-order valence-corrected chi connectivity index (χ0v) is 11.1. The van der Waals surface area contributed by atoms with Crippen LogP contribution in [-0.2, 0) is 14.3 Å². The molecule has 0 aromatic rings. The van der Waals surface area contributed by atoms with Crippen molar-refractivity contribution in [3.8, 4) is 0 Å². The summed E-state index contributed by atoms with van der Waals surface area (Å²) in [6, 6.07) is 0. The van der Waals surface area contributed by atoms with Crippen LogP contribution in [0, 0.1) is 5.41 Å². The lowest BCUT2D eigenvalue weighted by Crippen LogP contribution is -2.38. The van der Waals surface area contributed by atoms with Crippen molar-refractivity contribution >= 4 is 17.5 Å². The Hall–Kier alpha value is -0.320. The van der Waals surface area contributed by atoms with Crippen LogP contribution in [0.3, 0.4) is 0 Å². The first-order valence-corrected chi connectivity index (χ1v) is 5.99. The maximum absolute atomic E-state index is 11.6. The van der Waals surface area contributed by atoms with Crippen LogP contribution in [0.25, 0.3) is 0 Å². The Morgan fingerprint density at radius 3 is 2.56 bits per heavy atom. The Morgan fingerprint density at radius 2 is 2.00 bits per heavy atom. The van der Waals surface area contributed by atoms with E-state index in [9.17, 15) is 4.79 Å². The maximum Gasteiger partial charge on any atom is 0.226 e. The third kappa shape index (κ3) is 7.04. The molecule has 0 saturated carbocycles. The van der Waals surface area contributed by atoms with Crippen molar-refractivity contribution in [3.05, 3.63) is 0 Å². The lowest BCUT2D eigenvalue weighted by atomic mass is 9.95. The SMILES string of the molecule is COCCOCCCNC(=O)C(C)(C)CCl. The summed E-state index contributed by atoms with van der Waals surface area (Å²) in [7, 11) is 1.64. The first-order chi connectivity index (χ1) is 7.54. The van der Waals surface area contributed by atoms with E-state index < -0.39 is 5.41 Å². The fourth-order valence-electron chi connectivity index (χ4n) is 0.920. The maximum atomic E-state index is 11.6. The average Bonchev–Trinajstić information content (AvgIpc) is 2.27. The molecule has 0 radical (unpaired) electrons. The zero-order chi connectivity index (χ0) is 12.4. The topological polar surface area (TPSA) is 47.6 Å². The second kappa shape index (κ2) is 8.79. The van der Waals surface area contributed by atoms with Gasteiger partial charge in [0.15, 0.2) is 0 Å². The third-order valence-corrected chi connectivity index (χ3v) is 2.80. The smallest absolute Gasteiger partial charge is 0.226 e. The van der Waals surface area contributed by atoms with Crippen molar-refractivity contribution in [2.45, 2.75) is 20.3 Å². The number of amides is 1. The normalized spacial score (nSPS) is 11.5. The summed E-state index contributed by atoms with van der Waals surface area (Å²) < 4.78 is 10.1. The van der Waals surface area contributed by atoms with Crippen molar-refractivity contribution in [1.82, 2.24) is 5.32 Å². The Bertz CT molecular complexity index is 198. The van der Waals surface area contributed by atoms with Gasteiger partial charge in [-0.05, 0) is 20.3 Å². The number of carbonyl (C=O) groups is 1. The fraction of sp³-hybridized carbons (Fsp3) is 0.909. The van der Waals surface area contributed by atoms with Crippen LogP contribution in [0.2, 0.25) is 0 Å². The van der Waals surface area contributed by atoms with Crippen LogP contribution in [-0.4, -0.2) is 45.3 Å². The van der Waals surface area contributed by atoms with E-state index in [0.29, 0.717) is 32.2 Å². The Morgan fingerprint density at radius 1 is 1.31 bits per heavy atom. The minimum atomic E-state index is -0.502. The first kappa shape index (κ1) is 15.7. The molecular formula is C11H22ClNO3. The summed E-state index contributed by atoms with van der Waals surface area (Å²) in [4.78, 5) is 11.6. The Kier molecular flexibility index (Phi) is 8.61. The molecule has 0 unspecified atom stereocenters. The van der Waals surface area contributed by atoms with Gasteiger partial charge in [-0.2, -0.15) is 0 Å². The number of hydrogen-bond donors (Lipinski definition) is 1. The van der Waals surface area contributed by atoms with Crippen LogP contribution >= 0.6 is 11.6 Å². The predicted octanol–water partition coefficient (Wildman–Crippen LogP) is 1.42. The minimum Gasteiger partial charge on any atom is -0.382 e. The molecule has 1 N–H and O–H groups in total. The van der Waals surface area contributed by atoms with Gasteiger partial charge in [-0.25, -0.2) is 0 Å². The zero-order valence-electron chi connectivity index (χ0n) is 10.3. The number of halogens is 1. The molecule has 0 fully saturated rings. The van der Waals surface area contributed by atoms with Gasteiger partial charge in [0, 0.05) is 26.1 Å². The van der Waals surface area contributed by atoms with Gasteiger partial charge in [0.05, 0.1) is 18.6 Å². The highest BCUT2D eigenvalue weighted by atomic mass is 35.5. The second-order valence-corrected chi connectivity index (χ2v) is 4.50. The molecule has 0 aliphatic heterocycles. The van der Waals surface area contributed by atoms with Crippen molar-refractivity contribution in [2.24, 2.45) is 5.41 Å². The van der Waals surface area contributed by atoms with E-state index in [4.69, 9.17) is 21.1 Å². The molecule has 0 heterocycles. The van der Waals surface area contributed by atoms with Gasteiger partial charge in [-0.15, -0.1) is 11.6 Å². The second-order valence-electron chi connectivity index (χ2n) is 4.23. The number of hydrogen-bond acceptors (Lipinski definition) is 3. The minimum absolute atomic E-state index is 0.0145. The lowest BCUT2D eigenvalue weighted by Gasteiger charge is -2.20. The molecule has 0 bridgehead atoms. The van der Waals surface area contributed by atoms with Gasteiger partial charge in [-0.3, -0.25) is 4.79 Å². The third-order valence-electron chi connectivity index (χ3n) is 2.13. The first-order valence-electron chi connectivity index (χ1n) is 5.45. The molecule has 5 heteroatoms. The van der Waals surface area contributed by atoms with Gasteiger partial charge < -0.3 is 14.8 Å². The van der Waals surface area contributed by atoms with E-state index >= 15 is 0 Å². The number of carbonyl (C=O) groups excluding carboxylic acids is 1. The van der Waals surface area contributed by atoms with Crippen LogP contribution < -0.4 is 5.32 Å². The average molecular weight is 252 g/mol. The predicted molar refractivity (Wildman–Crippen MR) is 64.8 cm³/mol. The van der Waals surface area contributed by atoms with E-state index in [0.717, 1.165) is 6.42 Å². The molecule has 1 amide bonds. The molecule has 0 aromatic heterocycles. The molecule has 0 saturated heterocycles. The highest BCUT2D eigenvalue weighted by molar-refractivity contribution is 6.19. The Labute approximate surface area is 103 Å². The molecule has 4 nitrogen and oxygen atoms in total. The van der Waals surface area contributed by atoms with Gasteiger partial charge in [-0.1, -0.05) is 0 Å². The molecule has 0 spiro atoms. The quantitative estimate of drug-likeness (QED) is 0.498. The van der Waals surface area contributed by atoms with Crippen molar-refractivity contribution in [1.29, 1.82) is 0 Å². The number of alkyl halides is 1. The number of ether oxygens (including phenoxy) is 2. The molecule has 16 heavy (non-hydrogen) atoms. The lowest BCUT2D eigenvalue weighted by molar-refractivity contribution is -0.128. The van der Waals surface area contributed by atoms with Crippen LogP contribution in [0.1, 0.15) is 20.3 Å². The Balaban J connectivity index is 3.42. The molecular weight excluding hydrogens is 230 g/mol. The monoisotopic (exact) mass is 251 g/mol. The molecule has 0 rings (SSSR count). The molecule has 0 atom stereocenters. The molecule has 0 aliphatic carbocycles. The molecule has 96 valence electrons. The number of nitrogens with one attached hydrogen (secondary N) is 1. The standard InChI is InChI=1S/C11H22ClNO3/c1-11(2,9-12)10(14)13-5-4-6-16-8-7-15-3/h4-9H2,1-3H3,(H,13,14). The largest absolute Gasteiger partial charge is 0.382 e. The highest BCUT2D eigenvalue weighted by Crippen LogP contribution is 2.16. The fourth-order valence-corrected chi connectivity index (χ4v) is 1.04. The summed E-state index contributed by atoms with van der Waals surface area (Å²) in [5.74, 6) is 0.308. The number of rotatable bonds is 9. The van der Waals surface area contributed by atoms with Gasteiger partial charge in [0.1, 0.15) is 0 Å². The summed E-state index contributed by atoms with van der Waals surface area (Å²) in [5, 5.41) is 2.83. The van der Waals surface area contributed by atoms with E-state index in [-0.39, 0.29) is 5.91 Å². The molecule has 0 aliphatic rings. The molecule has 0 aromatic carbocycles. The van der Waals surface area contributed by atoms with Crippen LogP contribution in [0.15, 0.2) is 0 Å². The highest BCUT2D eigenvalue weighted by Gasteiger charge is 2.25. The van der Waals surface area contributed by atoms with Gasteiger partial charge in [0.25, 0.3) is 0 Å². The summed E-state index contributed by atoms with van der Waals surface area (Å²) in [6.07, 6.45) is 0.799. The van der Waals surface area contributed by atoms with Crippen molar-refractivity contribution in [3.63, 3.8) is 0 Å². The van der Waals surface area contributed by atoms with E-state index in [2.05, 4.69) is 5.32 Å². The van der Waals surface area contributed by atoms with Crippen LogP contribution in [0.4, 0.5) is 0 Å². The van der Waals surface area contributed by atoms with Gasteiger partial charge in [0.2, 0.25) is 5.91 Å².